The van der Waals surface area contributed by atoms with E-state index < -0.39 is 15.4 Å². The van der Waals surface area contributed by atoms with Crippen LogP contribution in [0.3, 0.4) is 0 Å². The second-order valence-corrected chi connectivity index (χ2v) is 6.73. The molecule has 90 valence electrons. The van der Waals surface area contributed by atoms with Gasteiger partial charge in [0.1, 0.15) is 6.10 Å². The number of hydrogen-bond acceptors (Lipinski definition) is 2. The fourth-order valence-corrected chi connectivity index (χ4v) is 1.36. The summed E-state index contributed by atoms with van der Waals surface area (Å²) in [5.41, 5.74) is -0.414. The minimum absolute atomic E-state index is 0.00463. The Bertz CT molecular complexity index is 232. The molecule has 0 rings (SSSR count). The van der Waals surface area contributed by atoms with E-state index >= 15 is 0 Å². The van der Waals surface area contributed by atoms with Gasteiger partial charge in [0.15, 0.2) is 0 Å². The maximum Gasteiger partial charge on any atom is 0.219 e. The minimum Gasteiger partial charge on any atom is -0.387 e. The van der Waals surface area contributed by atoms with Crippen LogP contribution in [0, 0.1) is 0 Å². The number of carbonyl (C=O) groups excluding carboxylic acids is 1. The van der Waals surface area contributed by atoms with E-state index in [2.05, 4.69) is 0 Å². The van der Waals surface area contributed by atoms with Crippen LogP contribution in [0.5, 0.6) is 0 Å². The van der Waals surface area contributed by atoms with Crippen molar-refractivity contribution in [1.29, 1.82) is 0 Å². The van der Waals surface area contributed by atoms with Gasteiger partial charge in [-0.3, -0.25) is 4.79 Å². The molecule has 15 heavy (non-hydrogen) atoms. The van der Waals surface area contributed by atoms with E-state index in [1.165, 1.54) is 11.8 Å². The standard InChI is InChI=1S/C9H16Cl3NO2/c1-6(14)13(8(2,3)4)5-7(15)9(10,11)12/h7,15H,5H2,1-4H3. The van der Waals surface area contributed by atoms with Crippen molar-refractivity contribution in [3.63, 3.8) is 0 Å². The Balaban J connectivity index is 4.65. The zero-order valence-corrected chi connectivity index (χ0v) is 11.5. The number of halogens is 3. The van der Waals surface area contributed by atoms with Gasteiger partial charge in [-0.1, -0.05) is 34.8 Å². The molecule has 0 aliphatic rings. The topological polar surface area (TPSA) is 40.5 Å². The van der Waals surface area contributed by atoms with Gasteiger partial charge in [0.2, 0.25) is 9.70 Å². The number of rotatable bonds is 2. The van der Waals surface area contributed by atoms with Crippen LogP contribution < -0.4 is 0 Å². The third-order valence-electron chi connectivity index (χ3n) is 1.92. The zero-order chi connectivity index (χ0) is 12.4. The molecule has 0 bridgehead atoms. The van der Waals surface area contributed by atoms with Gasteiger partial charge < -0.3 is 10.0 Å². The van der Waals surface area contributed by atoms with Crippen LogP contribution in [0.25, 0.3) is 0 Å². The van der Waals surface area contributed by atoms with Crippen molar-refractivity contribution < 1.29 is 9.90 Å². The normalized spacial score (nSPS) is 14.9. The maximum absolute atomic E-state index is 11.3. The molecule has 1 unspecified atom stereocenters. The van der Waals surface area contributed by atoms with Crippen LogP contribution in [0.4, 0.5) is 0 Å². The number of aliphatic hydroxyl groups excluding tert-OH is 1. The van der Waals surface area contributed by atoms with Gasteiger partial charge in [-0.15, -0.1) is 0 Å². The Morgan fingerprint density at radius 3 is 1.93 bits per heavy atom. The summed E-state index contributed by atoms with van der Waals surface area (Å²) in [5.74, 6) is -0.171. The largest absolute Gasteiger partial charge is 0.387 e. The molecule has 0 saturated carbocycles. The Labute approximate surface area is 105 Å². The minimum atomic E-state index is -1.78. The van der Waals surface area contributed by atoms with E-state index in [0.29, 0.717) is 0 Å². The van der Waals surface area contributed by atoms with Gasteiger partial charge in [0.25, 0.3) is 0 Å². The maximum atomic E-state index is 11.3. The molecular formula is C9H16Cl3NO2. The first kappa shape index (κ1) is 15.3. The molecule has 0 aromatic heterocycles. The molecule has 0 fully saturated rings. The fraction of sp³-hybridized carbons (Fsp3) is 0.889. The van der Waals surface area contributed by atoms with Crippen molar-refractivity contribution >= 4 is 40.7 Å². The quantitative estimate of drug-likeness (QED) is 0.787. The van der Waals surface area contributed by atoms with Gasteiger partial charge in [0.05, 0.1) is 6.54 Å². The lowest BCUT2D eigenvalue weighted by Gasteiger charge is -2.37. The Hall–Kier alpha value is 0.300. The highest BCUT2D eigenvalue weighted by Crippen LogP contribution is 2.31. The second-order valence-electron chi connectivity index (χ2n) is 4.36. The lowest BCUT2D eigenvalue weighted by atomic mass is 10.1. The molecule has 0 spiro atoms. The SMILES string of the molecule is CC(=O)N(CC(O)C(Cl)(Cl)Cl)C(C)(C)C. The number of carbonyl (C=O) groups is 1. The molecule has 0 aliphatic carbocycles. The van der Waals surface area contributed by atoms with Crippen LogP contribution in [0.15, 0.2) is 0 Å². The van der Waals surface area contributed by atoms with Crippen molar-refractivity contribution in [1.82, 2.24) is 4.90 Å². The van der Waals surface area contributed by atoms with Crippen LogP contribution in [0.2, 0.25) is 0 Å². The van der Waals surface area contributed by atoms with Gasteiger partial charge in [-0.25, -0.2) is 0 Å². The lowest BCUT2D eigenvalue weighted by Crippen LogP contribution is -2.50. The number of amides is 1. The molecule has 0 aliphatic heterocycles. The number of hydrogen-bond donors (Lipinski definition) is 1. The summed E-state index contributed by atoms with van der Waals surface area (Å²) in [4.78, 5) is 12.8. The van der Waals surface area contributed by atoms with Crippen molar-refractivity contribution in [3.8, 4) is 0 Å². The number of nitrogens with zero attached hydrogens (tertiary/aromatic N) is 1. The lowest BCUT2D eigenvalue weighted by molar-refractivity contribution is -0.135. The first-order valence-corrected chi connectivity index (χ1v) is 5.62. The smallest absolute Gasteiger partial charge is 0.219 e. The third kappa shape index (κ3) is 5.25. The molecule has 0 saturated heterocycles. The van der Waals surface area contributed by atoms with Gasteiger partial charge in [0, 0.05) is 12.5 Å². The fourth-order valence-electron chi connectivity index (χ4n) is 1.15. The molecule has 0 aromatic carbocycles. The summed E-state index contributed by atoms with van der Waals surface area (Å²) >= 11 is 16.6. The molecule has 1 amide bonds. The number of β-amino-alcohol motifs (C(OH)–C–C–N with tert-alkyl or cyclic N) is 1. The average molecular weight is 277 g/mol. The summed E-state index contributed by atoms with van der Waals surface area (Å²) in [5, 5.41) is 9.58. The Morgan fingerprint density at radius 1 is 1.33 bits per heavy atom. The zero-order valence-electron chi connectivity index (χ0n) is 9.22. The van der Waals surface area contributed by atoms with Crippen molar-refractivity contribution in [2.45, 2.75) is 43.1 Å². The number of aliphatic hydroxyl groups is 1. The molecule has 0 heterocycles. The molecule has 0 radical (unpaired) electrons. The number of alkyl halides is 3. The first-order chi connectivity index (χ1) is 6.46. The van der Waals surface area contributed by atoms with E-state index in [-0.39, 0.29) is 12.5 Å². The Morgan fingerprint density at radius 2 is 1.73 bits per heavy atom. The summed E-state index contributed by atoms with van der Waals surface area (Å²) in [6, 6.07) is 0. The molecule has 0 aromatic rings. The van der Waals surface area contributed by atoms with E-state index in [0.717, 1.165) is 0 Å². The molecule has 3 nitrogen and oxygen atoms in total. The Kier molecular flexibility index (Phi) is 5.19. The van der Waals surface area contributed by atoms with E-state index in [4.69, 9.17) is 34.8 Å². The summed E-state index contributed by atoms with van der Waals surface area (Å²) in [6.45, 7) is 6.95. The highest BCUT2D eigenvalue weighted by Gasteiger charge is 2.35. The van der Waals surface area contributed by atoms with Crippen LogP contribution in [-0.2, 0) is 4.79 Å². The van der Waals surface area contributed by atoms with Crippen LogP contribution in [-0.4, -0.2) is 37.9 Å². The predicted octanol–water partition coefficient (Wildman–Crippen LogP) is 2.36. The summed E-state index contributed by atoms with van der Waals surface area (Å²) in [6.07, 6.45) is -1.20. The van der Waals surface area contributed by atoms with Crippen molar-refractivity contribution in [2.24, 2.45) is 0 Å². The van der Waals surface area contributed by atoms with Crippen LogP contribution in [0.1, 0.15) is 27.7 Å². The molecular weight excluding hydrogens is 260 g/mol. The van der Waals surface area contributed by atoms with Gasteiger partial charge >= 0.3 is 0 Å². The van der Waals surface area contributed by atoms with E-state index in [1.54, 1.807) is 0 Å². The summed E-state index contributed by atoms with van der Waals surface area (Å²) < 4.78 is -1.78. The first-order valence-electron chi connectivity index (χ1n) is 4.49. The average Bonchev–Trinajstić information content (AvgIpc) is 1.94. The monoisotopic (exact) mass is 275 g/mol. The third-order valence-corrected chi connectivity index (χ3v) is 2.68. The second kappa shape index (κ2) is 5.09. The predicted molar refractivity (Wildman–Crippen MR) is 63.4 cm³/mol. The highest BCUT2D eigenvalue weighted by atomic mass is 35.6. The molecule has 1 N–H and O–H groups in total. The van der Waals surface area contributed by atoms with E-state index in [9.17, 15) is 9.90 Å². The van der Waals surface area contributed by atoms with Gasteiger partial charge in [-0.2, -0.15) is 0 Å². The van der Waals surface area contributed by atoms with E-state index in [1.807, 2.05) is 20.8 Å². The van der Waals surface area contributed by atoms with Crippen molar-refractivity contribution in [3.05, 3.63) is 0 Å². The summed E-state index contributed by atoms with van der Waals surface area (Å²) in [7, 11) is 0. The van der Waals surface area contributed by atoms with Crippen LogP contribution >= 0.6 is 34.8 Å². The molecule has 1 atom stereocenters. The highest BCUT2D eigenvalue weighted by molar-refractivity contribution is 6.68. The molecule has 6 heteroatoms. The van der Waals surface area contributed by atoms with Gasteiger partial charge in [-0.05, 0) is 20.8 Å². The van der Waals surface area contributed by atoms with Crippen molar-refractivity contribution in [2.75, 3.05) is 6.54 Å².